The minimum Gasteiger partial charge on any atom is -1.00 e. The molecule has 0 atom stereocenters. The number of amides is 2. The number of halogens is 2. The Kier molecular flexibility index (Phi) is 11.8. The summed E-state index contributed by atoms with van der Waals surface area (Å²) in [6.45, 7) is 9.22. The molecule has 27 heavy (non-hydrogen) atoms. The van der Waals surface area contributed by atoms with Crippen LogP contribution < -0.4 is 24.8 Å². The van der Waals surface area contributed by atoms with Crippen LogP contribution in [0.2, 0.25) is 0 Å². The van der Waals surface area contributed by atoms with Crippen molar-refractivity contribution in [3.8, 4) is 0 Å². The Bertz CT molecular complexity index is 673. The van der Waals surface area contributed by atoms with Crippen LogP contribution in [0.25, 0.3) is 0 Å². The summed E-state index contributed by atoms with van der Waals surface area (Å²) < 4.78 is 3.78. The average molecular weight is 574 g/mol. The summed E-state index contributed by atoms with van der Waals surface area (Å²) in [7, 11) is 0. The molecule has 0 unspecified atom stereocenters. The van der Waals surface area contributed by atoms with Crippen molar-refractivity contribution in [2.45, 2.75) is 27.7 Å². The zero-order valence-electron chi connectivity index (χ0n) is 16.0. The van der Waals surface area contributed by atoms with Crippen LogP contribution in [0.15, 0.2) is 48.5 Å². The van der Waals surface area contributed by atoms with Gasteiger partial charge in [-0.1, -0.05) is 0 Å². The van der Waals surface area contributed by atoms with Gasteiger partial charge >= 0.3 is 162 Å². The standard InChI is InChI=1S/2C10H13NO.2ClH.Hf/c2*1-3-11-10(12)9-6-4-8(2)5-7-9;;;/h2*4-7H,3H2,1-2H3,(H,11,12);2*1H;/q;;;;+4/p-4. The van der Waals surface area contributed by atoms with Crippen molar-refractivity contribution in [2.24, 2.45) is 0 Å². The Morgan fingerprint density at radius 2 is 1.00 bits per heavy atom. The molecule has 0 aromatic heterocycles. The fraction of sp³-hybridized carbons (Fsp3) is 0.300. The minimum atomic E-state index is -1.79. The van der Waals surface area contributed by atoms with Gasteiger partial charge in [0.25, 0.3) is 0 Å². The summed E-state index contributed by atoms with van der Waals surface area (Å²) in [5.74, 6) is 0.0574. The minimum absolute atomic E-state index is 0. The van der Waals surface area contributed by atoms with Crippen LogP contribution in [-0.4, -0.2) is 30.7 Å². The first-order valence-corrected chi connectivity index (χ1v) is 11.7. The molecular weight excluding hydrogens is 550 g/mol. The second kappa shape index (κ2) is 12.3. The zero-order valence-corrected chi connectivity index (χ0v) is 21.1. The number of carbonyl (C=O) groups excluding carboxylic acids is 2. The molecule has 144 valence electrons. The summed E-state index contributed by atoms with van der Waals surface area (Å²) in [6.07, 6.45) is 0. The van der Waals surface area contributed by atoms with Crippen LogP contribution in [0.1, 0.15) is 45.7 Å². The predicted molar refractivity (Wildman–Crippen MR) is 95.8 cm³/mol. The van der Waals surface area contributed by atoms with Crippen molar-refractivity contribution in [3.05, 3.63) is 70.8 Å². The van der Waals surface area contributed by atoms with E-state index in [9.17, 15) is 9.59 Å². The van der Waals surface area contributed by atoms with Crippen LogP contribution in [0.4, 0.5) is 0 Å². The SMILES string of the molecule is CC[N]([Hf+2][N](CC)C(=O)c1ccc(C)cc1)C(=O)c1ccc(C)cc1.[Cl-].[Cl-]. The second-order valence-corrected chi connectivity index (χ2v) is 10.5. The smallest absolute Gasteiger partial charge is 1.00 e. The molecular formula is C20H24Cl2HfN2O2. The van der Waals surface area contributed by atoms with Crippen molar-refractivity contribution in [1.29, 1.82) is 0 Å². The third kappa shape index (κ3) is 7.05. The molecule has 2 aromatic carbocycles. The Morgan fingerprint density at radius 3 is 1.26 bits per heavy atom. The number of hydrogen-bond acceptors (Lipinski definition) is 2. The van der Waals surface area contributed by atoms with Crippen molar-refractivity contribution < 1.29 is 57.9 Å². The van der Waals surface area contributed by atoms with Gasteiger partial charge in [-0.15, -0.1) is 0 Å². The molecule has 4 nitrogen and oxygen atoms in total. The van der Waals surface area contributed by atoms with Crippen molar-refractivity contribution in [3.63, 3.8) is 0 Å². The molecule has 0 aliphatic carbocycles. The maximum absolute atomic E-state index is 12.8. The quantitative estimate of drug-likeness (QED) is 0.370. The first kappa shape index (κ1) is 25.8. The first-order chi connectivity index (χ1) is 12.0. The Morgan fingerprint density at radius 1 is 0.704 bits per heavy atom. The van der Waals surface area contributed by atoms with Crippen LogP contribution in [0.5, 0.6) is 0 Å². The zero-order chi connectivity index (χ0) is 18.4. The topological polar surface area (TPSA) is 40.6 Å². The molecule has 0 saturated heterocycles. The van der Waals surface area contributed by atoms with Gasteiger partial charge < -0.3 is 24.8 Å². The van der Waals surface area contributed by atoms with Gasteiger partial charge in [0.15, 0.2) is 0 Å². The fourth-order valence-corrected chi connectivity index (χ4v) is 6.01. The van der Waals surface area contributed by atoms with E-state index in [0.717, 1.165) is 11.1 Å². The molecule has 0 spiro atoms. The molecule has 7 heteroatoms. The van der Waals surface area contributed by atoms with E-state index in [4.69, 9.17) is 0 Å². The number of benzene rings is 2. The van der Waals surface area contributed by atoms with Crippen molar-refractivity contribution in [1.82, 2.24) is 5.78 Å². The number of hydrogen-bond donors (Lipinski definition) is 0. The van der Waals surface area contributed by atoms with Crippen LogP contribution in [0, 0.1) is 13.8 Å². The van der Waals surface area contributed by atoms with E-state index >= 15 is 0 Å². The van der Waals surface area contributed by atoms with Crippen LogP contribution in [0.3, 0.4) is 0 Å². The summed E-state index contributed by atoms with van der Waals surface area (Å²) in [6, 6.07) is 15.2. The van der Waals surface area contributed by atoms with E-state index in [0.29, 0.717) is 24.2 Å². The summed E-state index contributed by atoms with van der Waals surface area (Å²) >= 11 is -1.79. The first-order valence-electron chi connectivity index (χ1n) is 8.49. The van der Waals surface area contributed by atoms with Gasteiger partial charge in [0.2, 0.25) is 0 Å². The Hall–Kier alpha value is -1.17. The Labute approximate surface area is 186 Å². The van der Waals surface area contributed by atoms with E-state index in [2.05, 4.69) is 0 Å². The number of aryl methyl sites for hydroxylation is 2. The van der Waals surface area contributed by atoms with Gasteiger partial charge in [-0.25, -0.2) is 0 Å². The third-order valence-corrected chi connectivity index (χ3v) is 9.43. The van der Waals surface area contributed by atoms with E-state index in [1.807, 2.05) is 82.0 Å². The monoisotopic (exact) mass is 574 g/mol. The summed E-state index contributed by atoms with van der Waals surface area (Å²) in [5, 5.41) is 0. The molecule has 2 amide bonds. The van der Waals surface area contributed by atoms with E-state index in [-0.39, 0.29) is 36.6 Å². The molecule has 0 N–H and O–H groups in total. The molecule has 0 saturated carbocycles. The van der Waals surface area contributed by atoms with Gasteiger partial charge in [0, 0.05) is 0 Å². The van der Waals surface area contributed by atoms with Crippen LogP contribution in [-0.2, 0) is 23.5 Å². The predicted octanol–water partition coefficient (Wildman–Crippen LogP) is -2.15. The second-order valence-electron chi connectivity index (χ2n) is 5.93. The molecule has 2 rings (SSSR count). The molecule has 0 radical (unpaired) electrons. The van der Waals surface area contributed by atoms with E-state index < -0.39 is 23.5 Å². The molecule has 0 heterocycles. The summed E-state index contributed by atoms with van der Waals surface area (Å²) in [5.41, 5.74) is 3.65. The van der Waals surface area contributed by atoms with Crippen LogP contribution >= 0.6 is 0 Å². The molecule has 2 aromatic rings. The maximum Gasteiger partial charge on any atom is -1.00 e. The van der Waals surface area contributed by atoms with E-state index in [1.165, 1.54) is 0 Å². The average Bonchev–Trinajstić information content (AvgIpc) is 2.63. The van der Waals surface area contributed by atoms with Gasteiger partial charge in [0.1, 0.15) is 0 Å². The maximum atomic E-state index is 12.8. The number of nitrogens with zero attached hydrogens (tertiary/aromatic N) is 2. The van der Waals surface area contributed by atoms with Gasteiger partial charge in [-0.05, 0) is 0 Å². The van der Waals surface area contributed by atoms with Gasteiger partial charge in [-0.2, -0.15) is 0 Å². The Balaban J connectivity index is 0.00000338. The normalized spacial score (nSPS) is 9.33. The molecule has 0 bridgehead atoms. The van der Waals surface area contributed by atoms with Gasteiger partial charge in [-0.3, -0.25) is 0 Å². The van der Waals surface area contributed by atoms with Crippen molar-refractivity contribution in [2.75, 3.05) is 13.1 Å². The van der Waals surface area contributed by atoms with Crippen molar-refractivity contribution >= 4 is 11.8 Å². The molecule has 0 aliphatic heterocycles. The summed E-state index contributed by atoms with van der Waals surface area (Å²) in [4.78, 5) is 25.6. The van der Waals surface area contributed by atoms with Gasteiger partial charge in [0.05, 0.1) is 0 Å². The number of carbonyl (C=O) groups is 2. The fourth-order valence-electron chi connectivity index (χ4n) is 2.37. The molecule has 0 fully saturated rings. The largest absolute Gasteiger partial charge is 1.00 e. The van der Waals surface area contributed by atoms with E-state index in [1.54, 1.807) is 0 Å². The molecule has 0 aliphatic rings. The third-order valence-electron chi connectivity index (χ3n) is 3.96. The number of rotatable bonds is 6.